The summed E-state index contributed by atoms with van der Waals surface area (Å²) in [4.78, 5) is 0. The normalized spacial score (nSPS) is 11.1. The summed E-state index contributed by atoms with van der Waals surface area (Å²) in [5.74, 6) is 0. The van der Waals surface area contributed by atoms with Crippen LogP contribution in [0, 0.1) is 0 Å². The molecule has 1 nitrogen and oxygen atoms in total. The maximum Gasteiger partial charge on any atom is 0.271 e. The minimum atomic E-state index is -1.04. The Morgan fingerprint density at radius 3 is 1.53 bits per heavy atom. The highest BCUT2D eigenvalue weighted by Gasteiger charge is 2.19. The Kier molecular flexibility index (Phi) is 4.31. The lowest BCUT2D eigenvalue weighted by Crippen LogP contribution is -2.47. The van der Waals surface area contributed by atoms with Gasteiger partial charge in [0, 0.05) is 0 Å². The van der Waals surface area contributed by atoms with Gasteiger partial charge in [-0.15, -0.1) is 0 Å². The molecule has 0 bridgehead atoms. The van der Waals surface area contributed by atoms with Gasteiger partial charge in [-0.05, 0) is 23.5 Å². The van der Waals surface area contributed by atoms with E-state index in [1.807, 2.05) is 0 Å². The van der Waals surface area contributed by atoms with Gasteiger partial charge in [0.2, 0.25) is 0 Å². The molecule has 0 aliphatic carbocycles. The van der Waals surface area contributed by atoms with Crippen molar-refractivity contribution in [1.29, 1.82) is 0 Å². The summed E-state index contributed by atoms with van der Waals surface area (Å²) >= 11 is 0. The van der Waals surface area contributed by atoms with Crippen LogP contribution in [-0.2, 0) is 4.12 Å². The first kappa shape index (κ1) is 12.3. The molecule has 0 atom stereocenters. The molecule has 2 rings (SSSR count). The molecule has 0 saturated carbocycles. The SMILES string of the molecule is C[SiH](C)O[Si](c1ccccc1)c1ccccc1. The van der Waals surface area contributed by atoms with Gasteiger partial charge in [0.1, 0.15) is 0 Å². The first-order valence-corrected chi connectivity index (χ1v) is 10.1. The highest BCUT2D eigenvalue weighted by Crippen LogP contribution is 1.96. The lowest BCUT2D eigenvalue weighted by Gasteiger charge is -2.18. The van der Waals surface area contributed by atoms with Crippen LogP contribution in [0.5, 0.6) is 0 Å². The van der Waals surface area contributed by atoms with Crippen LogP contribution in [0.2, 0.25) is 13.1 Å². The summed E-state index contributed by atoms with van der Waals surface area (Å²) in [6, 6.07) is 21.2. The average Bonchev–Trinajstić information content (AvgIpc) is 2.38. The quantitative estimate of drug-likeness (QED) is 0.759. The van der Waals surface area contributed by atoms with Crippen LogP contribution >= 0.6 is 0 Å². The highest BCUT2D eigenvalue weighted by molar-refractivity contribution is 6.84. The van der Waals surface area contributed by atoms with Crippen molar-refractivity contribution >= 4 is 28.5 Å². The fraction of sp³-hybridized carbons (Fsp3) is 0.143. The fourth-order valence-corrected chi connectivity index (χ4v) is 6.02. The number of benzene rings is 2. The van der Waals surface area contributed by atoms with E-state index in [4.69, 9.17) is 4.12 Å². The van der Waals surface area contributed by atoms with E-state index in [0.29, 0.717) is 0 Å². The molecule has 0 aromatic heterocycles. The predicted molar refractivity (Wildman–Crippen MR) is 77.9 cm³/mol. The molecule has 0 fully saturated rings. The second kappa shape index (κ2) is 5.95. The van der Waals surface area contributed by atoms with E-state index in [1.165, 1.54) is 10.4 Å². The van der Waals surface area contributed by atoms with Crippen LogP contribution in [-0.4, -0.2) is 18.1 Å². The van der Waals surface area contributed by atoms with E-state index < -0.39 is 18.1 Å². The molecule has 87 valence electrons. The zero-order valence-corrected chi connectivity index (χ0v) is 12.4. The zero-order chi connectivity index (χ0) is 12.1. The van der Waals surface area contributed by atoms with Crippen LogP contribution in [0.15, 0.2) is 60.7 Å². The first-order valence-electron chi connectivity index (χ1n) is 5.92. The molecule has 3 heteroatoms. The summed E-state index contributed by atoms with van der Waals surface area (Å²) in [7, 11) is -2.06. The van der Waals surface area contributed by atoms with Gasteiger partial charge in [-0.1, -0.05) is 60.7 Å². The molecule has 2 aromatic carbocycles. The largest absolute Gasteiger partial charge is 0.452 e. The Bertz CT molecular complexity index is 403. The summed E-state index contributed by atoms with van der Waals surface area (Å²) in [6.07, 6.45) is 0. The Labute approximate surface area is 107 Å². The topological polar surface area (TPSA) is 9.23 Å². The molecule has 0 saturated heterocycles. The van der Waals surface area contributed by atoms with Crippen molar-refractivity contribution in [2.24, 2.45) is 0 Å². The lowest BCUT2D eigenvalue weighted by atomic mass is 10.4. The number of hydrogen-bond acceptors (Lipinski definition) is 1. The summed E-state index contributed by atoms with van der Waals surface area (Å²) in [5, 5.41) is 2.68. The molecule has 0 N–H and O–H groups in total. The molecular weight excluding hydrogens is 240 g/mol. The molecule has 0 aliphatic rings. The molecule has 0 amide bonds. The van der Waals surface area contributed by atoms with Crippen molar-refractivity contribution in [2.75, 3.05) is 0 Å². The van der Waals surface area contributed by atoms with Crippen molar-refractivity contribution < 1.29 is 4.12 Å². The molecule has 0 aliphatic heterocycles. The zero-order valence-electron chi connectivity index (χ0n) is 10.3. The third-order valence-electron chi connectivity index (χ3n) is 2.43. The molecule has 2 aromatic rings. The lowest BCUT2D eigenvalue weighted by molar-refractivity contribution is 0.620. The van der Waals surface area contributed by atoms with Gasteiger partial charge in [0.15, 0.2) is 9.04 Å². The Hall–Kier alpha value is -1.17. The Morgan fingerprint density at radius 1 is 0.765 bits per heavy atom. The molecule has 0 heterocycles. The molecular formula is C14H17OSi2. The summed E-state index contributed by atoms with van der Waals surface area (Å²) in [6.45, 7) is 4.47. The summed E-state index contributed by atoms with van der Waals surface area (Å²) in [5.41, 5.74) is 0. The van der Waals surface area contributed by atoms with Crippen molar-refractivity contribution in [2.45, 2.75) is 13.1 Å². The Balaban J connectivity index is 2.32. The average molecular weight is 257 g/mol. The van der Waals surface area contributed by atoms with Crippen LogP contribution in [0.4, 0.5) is 0 Å². The standard InChI is InChI=1S/C14H17OSi2/c1-16(2)15-17(13-9-5-3-6-10-13)14-11-7-4-8-12-14/h3-12,16H,1-2H3. The smallest absolute Gasteiger partial charge is 0.271 e. The fourth-order valence-electron chi connectivity index (χ4n) is 1.72. The van der Waals surface area contributed by atoms with Gasteiger partial charge in [0.05, 0.1) is 0 Å². The second-order valence-electron chi connectivity index (χ2n) is 4.23. The molecule has 0 unspecified atom stereocenters. The van der Waals surface area contributed by atoms with Gasteiger partial charge >= 0.3 is 0 Å². The molecule has 1 radical (unpaired) electrons. The molecule has 0 spiro atoms. The minimum Gasteiger partial charge on any atom is -0.452 e. The van der Waals surface area contributed by atoms with E-state index in [-0.39, 0.29) is 0 Å². The Morgan fingerprint density at radius 2 is 1.18 bits per heavy atom. The van der Waals surface area contributed by atoms with Crippen molar-refractivity contribution in [3.05, 3.63) is 60.7 Å². The summed E-state index contributed by atoms with van der Waals surface area (Å²) < 4.78 is 6.26. The van der Waals surface area contributed by atoms with Crippen molar-refractivity contribution in [1.82, 2.24) is 0 Å². The van der Waals surface area contributed by atoms with E-state index >= 15 is 0 Å². The van der Waals surface area contributed by atoms with Gasteiger partial charge in [-0.25, -0.2) is 0 Å². The predicted octanol–water partition coefficient (Wildman–Crippen LogP) is 1.79. The van der Waals surface area contributed by atoms with Crippen LogP contribution in [0.3, 0.4) is 0 Å². The maximum absolute atomic E-state index is 6.26. The third kappa shape index (κ3) is 3.39. The molecule has 17 heavy (non-hydrogen) atoms. The van der Waals surface area contributed by atoms with Gasteiger partial charge < -0.3 is 4.12 Å². The van der Waals surface area contributed by atoms with E-state index in [9.17, 15) is 0 Å². The van der Waals surface area contributed by atoms with E-state index in [0.717, 1.165) is 0 Å². The van der Waals surface area contributed by atoms with Gasteiger partial charge in [-0.2, -0.15) is 0 Å². The van der Waals surface area contributed by atoms with Crippen LogP contribution in [0.25, 0.3) is 0 Å². The first-order chi connectivity index (χ1) is 8.27. The number of hydrogen-bond donors (Lipinski definition) is 0. The van der Waals surface area contributed by atoms with Crippen LogP contribution < -0.4 is 10.4 Å². The van der Waals surface area contributed by atoms with Crippen LogP contribution in [0.1, 0.15) is 0 Å². The van der Waals surface area contributed by atoms with Crippen molar-refractivity contribution in [3.63, 3.8) is 0 Å². The number of rotatable bonds is 4. The second-order valence-corrected chi connectivity index (χ2v) is 9.08. The van der Waals surface area contributed by atoms with Crippen molar-refractivity contribution in [3.8, 4) is 0 Å². The minimum absolute atomic E-state index is 1.02. The van der Waals surface area contributed by atoms with Gasteiger partial charge in [0.25, 0.3) is 9.04 Å². The van der Waals surface area contributed by atoms with Gasteiger partial charge in [-0.3, -0.25) is 0 Å². The monoisotopic (exact) mass is 257 g/mol. The maximum atomic E-state index is 6.26. The third-order valence-corrected chi connectivity index (χ3v) is 6.97. The van der Waals surface area contributed by atoms with E-state index in [1.54, 1.807) is 0 Å². The highest BCUT2D eigenvalue weighted by atomic mass is 28.4. The van der Waals surface area contributed by atoms with E-state index in [2.05, 4.69) is 73.8 Å².